The van der Waals surface area contributed by atoms with E-state index in [0.717, 1.165) is 11.3 Å². The highest BCUT2D eigenvalue weighted by Crippen LogP contribution is 2.24. The van der Waals surface area contributed by atoms with Crippen LogP contribution in [0.25, 0.3) is 5.69 Å². The first-order valence-corrected chi connectivity index (χ1v) is 8.06. The van der Waals surface area contributed by atoms with Gasteiger partial charge in [0, 0.05) is 23.6 Å². The number of carbonyl (C=O) groups excluding carboxylic acids is 1. The fraction of sp³-hybridized carbons (Fsp3) is 0.0588. The average Bonchev–Trinajstić information content (AvgIpc) is 2.90. The van der Waals surface area contributed by atoms with Crippen molar-refractivity contribution in [1.29, 1.82) is 0 Å². The molecule has 0 atom stereocenters. The summed E-state index contributed by atoms with van der Waals surface area (Å²) in [5, 5.41) is 4.34. The molecule has 126 valence electrons. The van der Waals surface area contributed by atoms with Crippen LogP contribution in [0.2, 0.25) is 10.4 Å². The van der Waals surface area contributed by atoms with Crippen molar-refractivity contribution in [3.63, 3.8) is 0 Å². The monoisotopic (exact) mass is 373 g/mol. The SMILES string of the molecule is Cc1ccc(-n2c(Cl)nc(Cl)c2C=NNC(=O)c2ccncc2)cc1. The molecule has 2 heterocycles. The van der Waals surface area contributed by atoms with Gasteiger partial charge in [-0.3, -0.25) is 14.3 Å². The molecule has 0 spiro atoms. The summed E-state index contributed by atoms with van der Waals surface area (Å²) in [6.45, 7) is 1.99. The number of hydrogen-bond donors (Lipinski definition) is 1. The normalized spacial score (nSPS) is 11.0. The summed E-state index contributed by atoms with van der Waals surface area (Å²) in [6.07, 6.45) is 4.46. The minimum Gasteiger partial charge on any atom is -0.281 e. The molecular weight excluding hydrogens is 361 g/mol. The lowest BCUT2D eigenvalue weighted by atomic mass is 10.2. The zero-order valence-corrected chi connectivity index (χ0v) is 14.7. The predicted molar refractivity (Wildman–Crippen MR) is 97.6 cm³/mol. The Morgan fingerprint density at radius 1 is 1.16 bits per heavy atom. The number of imidazole rings is 1. The topological polar surface area (TPSA) is 72.2 Å². The van der Waals surface area contributed by atoms with Gasteiger partial charge in [0.15, 0.2) is 5.15 Å². The maximum atomic E-state index is 12.0. The molecule has 0 fully saturated rings. The number of hydrogen-bond acceptors (Lipinski definition) is 4. The van der Waals surface area contributed by atoms with Crippen molar-refractivity contribution in [3.8, 4) is 5.69 Å². The van der Waals surface area contributed by atoms with Crippen LogP contribution in [-0.4, -0.2) is 26.7 Å². The van der Waals surface area contributed by atoms with E-state index in [1.165, 1.54) is 18.6 Å². The minimum absolute atomic E-state index is 0.187. The molecular formula is C17H13Cl2N5O. The molecule has 8 heteroatoms. The summed E-state index contributed by atoms with van der Waals surface area (Å²) in [7, 11) is 0. The lowest BCUT2D eigenvalue weighted by Gasteiger charge is -2.07. The van der Waals surface area contributed by atoms with E-state index in [1.807, 2.05) is 31.2 Å². The number of aromatic nitrogens is 3. The zero-order valence-electron chi connectivity index (χ0n) is 13.1. The van der Waals surface area contributed by atoms with Gasteiger partial charge in [0.05, 0.1) is 6.21 Å². The van der Waals surface area contributed by atoms with Crippen molar-refractivity contribution in [3.05, 3.63) is 76.0 Å². The maximum Gasteiger partial charge on any atom is 0.271 e. The van der Waals surface area contributed by atoms with E-state index in [1.54, 1.807) is 16.7 Å². The lowest BCUT2D eigenvalue weighted by Crippen LogP contribution is -2.17. The first kappa shape index (κ1) is 17.1. The van der Waals surface area contributed by atoms with Crippen LogP contribution in [0, 0.1) is 6.92 Å². The highest BCUT2D eigenvalue weighted by Gasteiger charge is 2.14. The van der Waals surface area contributed by atoms with Gasteiger partial charge in [-0.25, -0.2) is 10.4 Å². The molecule has 25 heavy (non-hydrogen) atoms. The van der Waals surface area contributed by atoms with Gasteiger partial charge in [0.1, 0.15) is 5.69 Å². The smallest absolute Gasteiger partial charge is 0.271 e. The van der Waals surface area contributed by atoms with Crippen molar-refractivity contribution in [2.24, 2.45) is 5.10 Å². The van der Waals surface area contributed by atoms with Gasteiger partial charge >= 0.3 is 0 Å². The summed E-state index contributed by atoms with van der Waals surface area (Å²) in [5.41, 5.74) is 5.25. The standard InChI is InChI=1S/C17H13Cl2N5O/c1-11-2-4-13(5-3-11)24-14(15(18)22-17(24)19)10-21-23-16(25)12-6-8-20-9-7-12/h2-10H,1H3,(H,23,25). The predicted octanol–water partition coefficient (Wildman–Crippen LogP) is 3.65. The van der Waals surface area contributed by atoms with Gasteiger partial charge in [0.2, 0.25) is 5.28 Å². The molecule has 0 bridgehead atoms. The van der Waals surface area contributed by atoms with E-state index in [9.17, 15) is 4.79 Å². The molecule has 0 unspecified atom stereocenters. The molecule has 2 aromatic heterocycles. The number of nitrogens with zero attached hydrogens (tertiary/aromatic N) is 4. The Morgan fingerprint density at radius 2 is 1.84 bits per heavy atom. The van der Waals surface area contributed by atoms with E-state index in [2.05, 4.69) is 20.5 Å². The second-order valence-electron chi connectivity index (χ2n) is 5.16. The van der Waals surface area contributed by atoms with Crippen molar-refractivity contribution < 1.29 is 4.79 Å². The van der Waals surface area contributed by atoms with Crippen LogP contribution in [0.1, 0.15) is 21.6 Å². The molecule has 1 N–H and O–H groups in total. The highest BCUT2D eigenvalue weighted by atomic mass is 35.5. The van der Waals surface area contributed by atoms with Crippen LogP contribution in [-0.2, 0) is 0 Å². The summed E-state index contributed by atoms with van der Waals surface area (Å²) in [5.74, 6) is -0.359. The fourth-order valence-electron chi connectivity index (χ4n) is 2.15. The molecule has 6 nitrogen and oxygen atoms in total. The number of hydrazone groups is 1. The third kappa shape index (κ3) is 3.87. The molecule has 0 radical (unpaired) electrons. The Hall–Kier alpha value is -2.70. The number of aryl methyl sites for hydroxylation is 1. The van der Waals surface area contributed by atoms with Gasteiger partial charge in [-0.2, -0.15) is 5.10 Å². The second-order valence-corrected chi connectivity index (χ2v) is 5.86. The van der Waals surface area contributed by atoms with Crippen molar-refractivity contribution in [2.45, 2.75) is 6.92 Å². The summed E-state index contributed by atoms with van der Waals surface area (Å²) in [4.78, 5) is 19.9. The minimum atomic E-state index is -0.359. The third-order valence-corrected chi connectivity index (χ3v) is 3.95. The van der Waals surface area contributed by atoms with Crippen LogP contribution in [0.15, 0.2) is 53.9 Å². The number of pyridine rings is 1. The summed E-state index contributed by atoms with van der Waals surface area (Å²) < 4.78 is 1.64. The van der Waals surface area contributed by atoms with Gasteiger partial charge in [0.25, 0.3) is 5.91 Å². The van der Waals surface area contributed by atoms with Crippen molar-refractivity contribution in [2.75, 3.05) is 0 Å². The Balaban J connectivity index is 1.85. The van der Waals surface area contributed by atoms with Crippen LogP contribution < -0.4 is 5.43 Å². The van der Waals surface area contributed by atoms with E-state index < -0.39 is 0 Å². The first-order valence-electron chi connectivity index (χ1n) is 7.30. The lowest BCUT2D eigenvalue weighted by molar-refractivity contribution is 0.0955. The molecule has 0 aliphatic carbocycles. The van der Waals surface area contributed by atoms with Crippen LogP contribution in [0.5, 0.6) is 0 Å². The molecule has 1 amide bonds. The van der Waals surface area contributed by atoms with Gasteiger partial charge in [-0.1, -0.05) is 29.3 Å². The Bertz CT molecular complexity index is 920. The van der Waals surface area contributed by atoms with Gasteiger partial charge < -0.3 is 0 Å². The quantitative estimate of drug-likeness (QED) is 0.560. The van der Waals surface area contributed by atoms with Gasteiger partial charge in [-0.15, -0.1) is 0 Å². The van der Waals surface area contributed by atoms with E-state index >= 15 is 0 Å². The Labute approximate surface area is 154 Å². The number of benzene rings is 1. The largest absolute Gasteiger partial charge is 0.281 e. The van der Waals surface area contributed by atoms with Crippen molar-refractivity contribution >= 4 is 35.3 Å². The number of nitrogens with one attached hydrogen (secondary N) is 1. The molecule has 0 aliphatic rings. The van der Waals surface area contributed by atoms with Crippen LogP contribution in [0.3, 0.4) is 0 Å². The van der Waals surface area contributed by atoms with E-state index in [0.29, 0.717) is 11.3 Å². The zero-order chi connectivity index (χ0) is 17.8. The molecule has 1 aromatic carbocycles. The second kappa shape index (κ2) is 7.46. The molecule has 0 saturated carbocycles. The Kier molecular flexibility index (Phi) is 5.11. The molecule has 0 aliphatic heterocycles. The molecule has 3 aromatic rings. The number of carbonyl (C=O) groups is 1. The summed E-state index contributed by atoms with van der Waals surface area (Å²) >= 11 is 12.3. The number of rotatable bonds is 4. The van der Waals surface area contributed by atoms with E-state index in [-0.39, 0.29) is 16.3 Å². The van der Waals surface area contributed by atoms with Crippen molar-refractivity contribution in [1.82, 2.24) is 20.0 Å². The number of halogens is 2. The molecule has 0 saturated heterocycles. The average molecular weight is 374 g/mol. The fourth-order valence-corrected chi connectivity index (χ4v) is 2.68. The Morgan fingerprint density at radius 3 is 2.52 bits per heavy atom. The number of amides is 1. The third-order valence-electron chi connectivity index (χ3n) is 3.41. The van der Waals surface area contributed by atoms with E-state index in [4.69, 9.17) is 23.2 Å². The van der Waals surface area contributed by atoms with Crippen LogP contribution >= 0.6 is 23.2 Å². The maximum absolute atomic E-state index is 12.0. The summed E-state index contributed by atoms with van der Waals surface area (Å²) in [6, 6.07) is 10.9. The molecule has 3 rings (SSSR count). The van der Waals surface area contributed by atoms with Crippen LogP contribution in [0.4, 0.5) is 0 Å². The highest BCUT2D eigenvalue weighted by molar-refractivity contribution is 6.34. The first-order chi connectivity index (χ1) is 12.1. The van der Waals surface area contributed by atoms with Gasteiger partial charge in [-0.05, 0) is 42.8 Å².